The smallest absolute Gasteiger partial charge is 0.163 e. The van der Waals surface area contributed by atoms with Gasteiger partial charge in [0.25, 0.3) is 0 Å². The third-order valence-corrected chi connectivity index (χ3v) is 4.17. The van der Waals surface area contributed by atoms with E-state index in [0.717, 1.165) is 24.8 Å². The van der Waals surface area contributed by atoms with E-state index in [0.29, 0.717) is 12.2 Å². The SMILES string of the molecule is O=C1CCCc2cc3c(cc21)-c1ccccc1C3. The highest BCUT2D eigenvalue weighted by atomic mass is 16.1. The van der Waals surface area contributed by atoms with Gasteiger partial charge in [0.2, 0.25) is 0 Å². The van der Waals surface area contributed by atoms with Gasteiger partial charge in [-0.05, 0) is 53.1 Å². The Morgan fingerprint density at radius 2 is 1.67 bits per heavy atom. The Kier molecular flexibility index (Phi) is 1.99. The van der Waals surface area contributed by atoms with E-state index in [1.54, 1.807) is 0 Å². The van der Waals surface area contributed by atoms with Gasteiger partial charge >= 0.3 is 0 Å². The molecule has 0 fully saturated rings. The molecular formula is C17H14O. The number of fused-ring (bicyclic) bond motifs is 4. The molecule has 0 atom stereocenters. The summed E-state index contributed by atoms with van der Waals surface area (Å²) in [5.74, 6) is 0.323. The number of benzene rings is 2. The molecule has 2 aromatic rings. The molecule has 2 aliphatic rings. The second-order valence-electron chi connectivity index (χ2n) is 5.28. The van der Waals surface area contributed by atoms with Gasteiger partial charge in [-0.25, -0.2) is 0 Å². The largest absolute Gasteiger partial charge is 0.294 e. The molecule has 0 spiro atoms. The number of ketones is 1. The number of hydrogen-bond donors (Lipinski definition) is 0. The summed E-state index contributed by atoms with van der Waals surface area (Å²) in [6.45, 7) is 0. The van der Waals surface area contributed by atoms with Crippen LogP contribution in [0.1, 0.15) is 39.9 Å². The summed E-state index contributed by atoms with van der Waals surface area (Å²) >= 11 is 0. The van der Waals surface area contributed by atoms with Crippen LogP contribution in [0.4, 0.5) is 0 Å². The Hall–Kier alpha value is -1.89. The van der Waals surface area contributed by atoms with Crippen molar-refractivity contribution < 1.29 is 4.79 Å². The third kappa shape index (κ3) is 1.30. The first-order valence-electron chi connectivity index (χ1n) is 6.60. The van der Waals surface area contributed by atoms with Crippen molar-refractivity contribution in [1.82, 2.24) is 0 Å². The maximum Gasteiger partial charge on any atom is 0.163 e. The molecule has 0 saturated carbocycles. The lowest BCUT2D eigenvalue weighted by Gasteiger charge is -2.16. The Bertz CT molecular complexity index is 667. The minimum absolute atomic E-state index is 0.323. The van der Waals surface area contributed by atoms with Crippen molar-refractivity contribution in [3.63, 3.8) is 0 Å². The fourth-order valence-electron chi connectivity index (χ4n) is 3.28. The lowest BCUT2D eigenvalue weighted by molar-refractivity contribution is 0.0972. The number of carbonyl (C=O) groups is 1. The van der Waals surface area contributed by atoms with Crippen LogP contribution in [0.2, 0.25) is 0 Å². The quantitative estimate of drug-likeness (QED) is 0.578. The van der Waals surface area contributed by atoms with E-state index < -0.39 is 0 Å². The highest BCUT2D eigenvalue weighted by Crippen LogP contribution is 2.39. The van der Waals surface area contributed by atoms with Gasteiger partial charge in [0.05, 0.1) is 0 Å². The van der Waals surface area contributed by atoms with Crippen molar-refractivity contribution in [2.75, 3.05) is 0 Å². The van der Waals surface area contributed by atoms with E-state index in [1.165, 1.54) is 27.8 Å². The molecule has 18 heavy (non-hydrogen) atoms. The summed E-state index contributed by atoms with van der Waals surface area (Å²) in [4.78, 5) is 12.0. The normalized spacial score (nSPS) is 16.1. The molecule has 0 amide bonds. The molecule has 2 aromatic carbocycles. The molecule has 0 aromatic heterocycles. The summed E-state index contributed by atoms with van der Waals surface area (Å²) in [7, 11) is 0. The highest BCUT2D eigenvalue weighted by molar-refractivity contribution is 6.00. The maximum atomic E-state index is 12.0. The molecule has 0 unspecified atom stereocenters. The summed E-state index contributed by atoms with van der Waals surface area (Å²) in [6, 6.07) is 12.9. The van der Waals surface area contributed by atoms with Crippen molar-refractivity contribution >= 4 is 5.78 Å². The first-order valence-corrected chi connectivity index (χ1v) is 6.60. The van der Waals surface area contributed by atoms with Crippen molar-refractivity contribution in [3.05, 3.63) is 58.7 Å². The van der Waals surface area contributed by atoms with Crippen molar-refractivity contribution in [3.8, 4) is 11.1 Å². The number of Topliss-reactive ketones (excluding diaryl/α,β-unsaturated/α-hetero) is 1. The third-order valence-electron chi connectivity index (χ3n) is 4.17. The van der Waals surface area contributed by atoms with E-state index in [-0.39, 0.29) is 0 Å². The zero-order valence-corrected chi connectivity index (χ0v) is 10.2. The lowest BCUT2D eigenvalue weighted by atomic mass is 9.87. The van der Waals surface area contributed by atoms with Gasteiger partial charge < -0.3 is 0 Å². The van der Waals surface area contributed by atoms with Crippen molar-refractivity contribution in [1.29, 1.82) is 0 Å². The van der Waals surface area contributed by atoms with Crippen LogP contribution in [0.5, 0.6) is 0 Å². The molecule has 4 rings (SSSR count). The Morgan fingerprint density at radius 3 is 2.61 bits per heavy atom. The first-order chi connectivity index (χ1) is 8.83. The summed E-state index contributed by atoms with van der Waals surface area (Å²) in [6.07, 6.45) is 3.81. The number of hydrogen-bond acceptors (Lipinski definition) is 1. The second-order valence-corrected chi connectivity index (χ2v) is 5.28. The standard InChI is InChI=1S/C17H14O/c18-17-7-3-5-12-9-13-8-11-4-1-2-6-14(11)15(13)10-16(12)17/h1-2,4,6,9-10H,3,5,7-8H2. The molecular weight excluding hydrogens is 220 g/mol. The van der Waals surface area contributed by atoms with Crippen LogP contribution in [0.3, 0.4) is 0 Å². The molecule has 1 heteroatoms. The summed E-state index contributed by atoms with van der Waals surface area (Å²) in [5, 5.41) is 0. The predicted octanol–water partition coefficient (Wildman–Crippen LogP) is 3.78. The monoisotopic (exact) mass is 234 g/mol. The van der Waals surface area contributed by atoms with E-state index in [4.69, 9.17) is 0 Å². The van der Waals surface area contributed by atoms with Gasteiger partial charge in [-0.1, -0.05) is 30.3 Å². The molecule has 0 heterocycles. The van der Waals surface area contributed by atoms with E-state index in [9.17, 15) is 4.79 Å². The topological polar surface area (TPSA) is 17.1 Å². The summed E-state index contributed by atoms with van der Waals surface area (Å²) in [5.41, 5.74) is 7.61. The van der Waals surface area contributed by atoms with Crippen LogP contribution in [0.25, 0.3) is 11.1 Å². The van der Waals surface area contributed by atoms with Gasteiger partial charge in [-0.3, -0.25) is 4.79 Å². The van der Waals surface area contributed by atoms with Crippen molar-refractivity contribution in [2.24, 2.45) is 0 Å². The van der Waals surface area contributed by atoms with Gasteiger partial charge in [-0.15, -0.1) is 0 Å². The van der Waals surface area contributed by atoms with Crippen LogP contribution < -0.4 is 0 Å². The zero-order valence-electron chi connectivity index (χ0n) is 10.2. The van der Waals surface area contributed by atoms with Gasteiger partial charge in [0.15, 0.2) is 5.78 Å². The Balaban J connectivity index is 1.96. The predicted molar refractivity (Wildman–Crippen MR) is 72.0 cm³/mol. The van der Waals surface area contributed by atoms with Crippen LogP contribution in [0, 0.1) is 0 Å². The van der Waals surface area contributed by atoms with E-state index >= 15 is 0 Å². The average molecular weight is 234 g/mol. The number of aryl methyl sites for hydroxylation is 1. The van der Waals surface area contributed by atoms with Gasteiger partial charge in [-0.2, -0.15) is 0 Å². The minimum Gasteiger partial charge on any atom is -0.294 e. The molecule has 0 bridgehead atoms. The van der Waals surface area contributed by atoms with Crippen LogP contribution in [-0.2, 0) is 12.8 Å². The van der Waals surface area contributed by atoms with Crippen LogP contribution in [0.15, 0.2) is 36.4 Å². The van der Waals surface area contributed by atoms with Crippen molar-refractivity contribution in [2.45, 2.75) is 25.7 Å². The summed E-state index contributed by atoms with van der Waals surface area (Å²) < 4.78 is 0. The van der Waals surface area contributed by atoms with Crippen LogP contribution >= 0.6 is 0 Å². The van der Waals surface area contributed by atoms with E-state index in [1.807, 2.05) is 0 Å². The van der Waals surface area contributed by atoms with Gasteiger partial charge in [0.1, 0.15) is 0 Å². The average Bonchev–Trinajstić information content (AvgIpc) is 2.75. The first kappa shape index (κ1) is 10.1. The van der Waals surface area contributed by atoms with E-state index in [2.05, 4.69) is 36.4 Å². The Morgan fingerprint density at radius 1 is 0.778 bits per heavy atom. The fourth-order valence-corrected chi connectivity index (χ4v) is 3.28. The molecule has 0 saturated heterocycles. The maximum absolute atomic E-state index is 12.0. The van der Waals surface area contributed by atoms with Crippen LogP contribution in [-0.4, -0.2) is 5.78 Å². The molecule has 0 N–H and O–H groups in total. The molecule has 1 nitrogen and oxygen atoms in total. The Labute approximate surface area is 106 Å². The highest BCUT2D eigenvalue weighted by Gasteiger charge is 2.24. The molecule has 88 valence electrons. The molecule has 0 aliphatic heterocycles. The molecule has 0 radical (unpaired) electrons. The fraction of sp³-hybridized carbons (Fsp3) is 0.235. The second kappa shape index (κ2) is 3.55. The number of carbonyl (C=O) groups excluding carboxylic acids is 1. The molecule has 2 aliphatic carbocycles. The minimum atomic E-state index is 0.323. The number of rotatable bonds is 0. The zero-order chi connectivity index (χ0) is 12.1. The lowest BCUT2D eigenvalue weighted by Crippen LogP contribution is -2.11. The van der Waals surface area contributed by atoms with Gasteiger partial charge in [0, 0.05) is 12.0 Å².